The molecule has 3 rings (SSSR count). The van der Waals surface area contributed by atoms with Crippen molar-refractivity contribution in [2.45, 2.75) is 25.4 Å². The third kappa shape index (κ3) is 2.56. The second-order valence-electron chi connectivity index (χ2n) is 5.36. The van der Waals surface area contributed by atoms with Gasteiger partial charge in [-0.2, -0.15) is 0 Å². The Labute approximate surface area is 122 Å². The van der Waals surface area contributed by atoms with Gasteiger partial charge in [0.25, 0.3) is 5.91 Å². The van der Waals surface area contributed by atoms with E-state index < -0.39 is 0 Å². The topological polar surface area (TPSA) is 84.4 Å². The maximum atomic E-state index is 12.7. The summed E-state index contributed by atoms with van der Waals surface area (Å²) in [5.41, 5.74) is 6.14. The molecule has 0 atom stereocenters. The first-order valence-electron chi connectivity index (χ1n) is 6.92. The molecule has 6 heteroatoms. The Morgan fingerprint density at radius 2 is 2.29 bits per heavy atom. The van der Waals surface area contributed by atoms with Crippen molar-refractivity contribution in [2.75, 3.05) is 5.73 Å². The summed E-state index contributed by atoms with van der Waals surface area (Å²) < 4.78 is 1.89. The number of anilines is 1. The number of benzene rings is 1. The quantitative estimate of drug-likeness (QED) is 0.659. The van der Waals surface area contributed by atoms with Gasteiger partial charge in [-0.05, 0) is 25.0 Å². The third-order valence-electron chi connectivity index (χ3n) is 3.78. The lowest BCUT2D eigenvalue weighted by Crippen LogP contribution is -2.33. The van der Waals surface area contributed by atoms with Gasteiger partial charge in [-0.25, -0.2) is 4.98 Å². The predicted octanol–water partition coefficient (Wildman–Crippen LogP) is 1.51. The van der Waals surface area contributed by atoms with E-state index in [1.54, 1.807) is 29.3 Å². The van der Waals surface area contributed by atoms with E-state index in [2.05, 4.69) is 4.98 Å². The fourth-order valence-electron chi connectivity index (χ4n) is 2.34. The fraction of sp³-hybridized carbons (Fsp3) is 0.333. The van der Waals surface area contributed by atoms with Gasteiger partial charge >= 0.3 is 0 Å². The molecule has 0 saturated heterocycles. The molecule has 1 aromatic heterocycles. The van der Waals surface area contributed by atoms with Crippen molar-refractivity contribution in [1.82, 2.24) is 14.5 Å². The molecule has 3 N–H and O–H groups in total. The highest BCUT2D eigenvalue weighted by Gasteiger charge is 2.34. The SMILES string of the molecule is Cn1ccnc1CN(C(=O)c1cccc(N)c1O)C1CC1. The Morgan fingerprint density at radius 1 is 1.52 bits per heavy atom. The van der Waals surface area contributed by atoms with Gasteiger partial charge in [0.2, 0.25) is 0 Å². The van der Waals surface area contributed by atoms with E-state index in [0.717, 1.165) is 18.7 Å². The van der Waals surface area contributed by atoms with Crippen LogP contribution < -0.4 is 5.73 Å². The third-order valence-corrected chi connectivity index (χ3v) is 3.78. The zero-order valence-corrected chi connectivity index (χ0v) is 11.9. The summed E-state index contributed by atoms with van der Waals surface area (Å²) >= 11 is 0. The zero-order valence-electron chi connectivity index (χ0n) is 11.9. The number of phenolic OH excluding ortho intramolecular Hbond substituents is 1. The average molecular weight is 286 g/mol. The van der Waals surface area contributed by atoms with E-state index in [4.69, 9.17) is 5.73 Å². The van der Waals surface area contributed by atoms with Gasteiger partial charge in [0.15, 0.2) is 5.75 Å². The highest BCUT2D eigenvalue weighted by Crippen LogP contribution is 2.32. The molecule has 1 aliphatic carbocycles. The molecule has 0 unspecified atom stereocenters. The summed E-state index contributed by atoms with van der Waals surface area (Å²) in [6, 6.07) is 5.07. The summed E-state index contributed by atoms with van der Waals surface area (Å²) in [4.78, 5) is 18.7. The molecule has 110 valence electrons. The molecular formula is C15H18N4O2. The van der Waals surface area contributed by atoms with E-state index in [9.17, 15) is 9.90 Å². The Kier molecular flexibility index (Phi) is 3.29. The Morgan fingerprint density at radius 3 is 2.90 bits per heavy atom. The predicted molar refractivity (Wildman–Crippen MR) is 78.6 cm³/mol. The Bertz CT molecular complexity index is 676. The number of aromatic hydroxyl groups is 1. The van der Waals surface area contributed by atoms with Crippen molar-refractivity contribution in [3.8, 4) is 5.75 Å². The smallest absolute Gasteiger partial charge is 0.258 e. The number of nitrogen functional groups attached to an aromatic ring is 1. The van der Waals surface area contributed by atoms with Gasteiger partial charge in [-0.3, -0.25) is 4.79 Å². The summed E-state index contributed by atoms with van der Waals surface area (Å²) in [7, 11) is 1.90. The second-order valence-corrected chi connectivity index (χ2v) is 5.36. The van der Waals surface area contributed by atoms with Crippen LogP contribution >= 0.6 is 0 Å². The number of aromatic nitrogens is 2. The highest BCUT2D eigenvalue weighted by atomic mass is 16.3. The molecule has 1 fully saturated rings. The van der Waals surface area contributed by atoms with Gasteiger partial charge in [-0.15, -0.1) is 0 Å². The van der Waals surface area contributed by atoms with Crippen LogP contribution in [0.3, 0.4) is 0 Å². The number of hydrogen-bond acceptors (Lipinski definition) is 4. The van der Waals surface area contributed by atoms with E-state index in [1.165, 1.54) is 0 Å². The number of hydrogen-bond donors (Lipinski definition) is 2. The van der Waals surface area contributed by atoms with Crippen molar-refractivity contribution >= 4 is 11.6 Å². The number of phenols is 1. The van der Waals surface area contributed by atoms with E-state index >= 15 is 0 Å². The standard InChI is InChI=1S/C15H18N4O2/c1-18-8-7-17-13(18)9-19(10-5-6-10)15(21)11-3-2-4-12(16)14(11)20/h2-4,7-8,10,20H,5-6,9,16H2,1H3. The first-order chi connectivity index (χ1) is 10.1. The second kappa shape index (κ2) is 5.12. The maximum absolute atomic E-state index is 12.7. The minimum atomic E-state index is -0.203. The lowest BCUT2D eigenvalue weighted by atomic mass is 10.1. The molecule has 0 aliphatic heterocycles. The molecule has 0 radical (unpaired) electrons. The Balaban J connectivity index is 1.89. The zero-order chi connectivity index (χ0) is 15.0. The molecule has 6 nitrogen and oxygen atoms in total. The molecule has 1 saturated carbocycles. The first-order valence-corrected chi connectivity index (χ1v) is 6.92. The lowest BCUT2D eigenvalue weighted by Gasteiger charge is -2.22. The molecule has 21 heavy (non-hydrogen) atoms. The van der Waals surface area contributed by atoms with Gasteiger partial charge < -0.3 is 20.3 Å². The van der Waals surface area contributed by atoms with E-state index in [0.29, 0.717) is 6.54 Å². The van der Waals surface area contributed by atoms with Crippen LogP contribution in [0.1, 0.15) is 29.0 Å². The van der Waals surface area contributed by atoms with Crippen LogP contribution in [0.25, 0.3) is 0 Å². The minimum Gasteiger partial charge on any atom is -0.505 e. The van der Waals surface area contributed by atoms with Crippen LogP contribution in [-0.4, -0.2) is 31.5 Å². The molecule has 0 bridgehead atoms. The van der Waals surface area contributed by atoms with Crippen molar-refractivity contribution in [3.05, 3.63) is 42.0 Å². The van der Waals surface area contributed by atoms with E-state index in [-0.39, 0.29) is 28.9 Å². The maximum Gasteiger partial charge on any atom is 0.258 e. The summed E-state index contributed by atoms with van der Waals surface area (Å²) in [6.07, 6.45) is 5.53. The number of imidazole rings is 1. The summed E-state index contributed by atoms with van der Waals surface area (Å²) in [6.45, 7) is 0.432. The number of aryl methyl sites for hydroxylation is 1. The number of amides is 1. The molecule has 1 heterocycles. The number of carbonyl (C=O) groups is 1. The largest absolute Gasteiger partial charge is 0.505 e. The molecule has 2 aromatic rings. The minimum absolute atomic E-state index is 0.145. The first kappa shape index (κ1) is 13.5. The fourth-order valence-corrected chi connectivity index (χ4v) is 2.34. The van der Waals surface area contributed by atoms with Gasteiger partial charge in [-0.1, -0.05) is 6.07 Å². The number of para-hydroxylation sites is 1. The van der Waals surface area contributed by atoms with Crippen LogP contribution in [0.2, 0.25) is 0 Å². The van der Waals surface area contributed by atoms with Gasteiger partial charge in [0, 0.05) is 25.5 Å². The monoisotopic (exact) mass is 286 g/mol. The molecule has 1 amide bonds. The van der Waals surface area contributed by atoms with E-state index in [1.807, 2.05) is 17.8 Å². The summed E-state index contributed by atoms with van der Waals surface area (Å²) in [5, 5.41) is 10.0. The van der Waals surface area contributed by atoms with Crippen LogP contribution in [0.4, 0.5) is 5.69 Å². The van der Waals surface area contributed by atoms with Crippen LogP contribution in [0.5, 0.6) is 5.75 Å². The molecule has 1 aliphatic rings. The molecule has 0 spiro atoms. The Hall–Kier alpha value is -2.50. The highest BCUT2D eigenvalue weighted by molar-refractivity contribution is 5.98. The van der Waals surface area contributed by atoms with Gasteiger partial charge in [0.05, 0.1) is 17.8 Å². The number of nitrogens with two attached hydrogens (primary N) is 1. The van der Waals surface area contributed by atoms with Crippen molar-refractivity contribution < 1.29 is 9.90 Å². The van der Waals surface area contributed by atoms with Crippen LogP contribution in [-0.2, 0) is 13.6 Å². The van der Waals surface area contributed by atoms with Crippen molar-refractivity contribution in [3.63, 3.8) is 0 Å². The van der Waals surface area contributed by atoms with Crippen molar-refractivity contribution in [1.29, 1.82) is 0 Å². The summed E-state index contributed by atoms with van der Waals surface area (Å²) in [5.74, 6) is 0.469. The molecular weight excluding hydrogens is 268 g/mol. The average Bonchev–Trinajstić information content (AvgIpc) is 3.22. The number of rotatable bonds is 4. The number of nitrogens with zero attached hydrogens (tertiary/aromatic N) is 3. The molecule has 1 aromatic carbocycles. The normalized spacial score (nSPS) is 14.1. The van der Waals surface area contributed by atoms with Crippen LogP contribution in [0, 0.1) is 0 Å². The van der Waals surface area contributed by atoms with Crippen LogP contribution in [0.15, 0.2) is 30.6 Å². The lowest BCUT2D eigenvalue weighted by molar-refractivity contribution is 0.0721. The van der Waals surface area contributed by atoms with Crippen molar-refractivity contribution in [2.24, 2.45) is 7.05 Å². The van der Waals surface area contributed by atoms with Gasteiger partial charge in [0.1, 0.15) is 5.82 Å². The number of carbonyl (C=O) groups excluding carboxylic acids is 1.